The summed E-state index contributed by atoms with van der Waals surface area (Å²) in [6.45, 7) is 2.09. The molecule has 0 spiro atoms. The van der Waals surface area contributed by atoms with E-state index in [1.54, 1.807) is 19.3 Å². The minimum absolute atomic E-state index is 0.0437. The number of H-pyrrole nitrogens is 1. The summed E-state index contributed by atoms with van der Waals surface area (Å²) >= 11 is 0. The SMILES string of the molecule is C[C@H](c1nc(C(F)(F)F)cc2c(-c3cccc(C4(Cc5nncn5C)COC4)c3)n[nH]c12)N1C[C@@H](F)[C@H](F)C1. The van der Waals surface area contributed by atoms with Gasteiger partial charge >= 0.3 is 6.18 Å². The fraction of sp³-hybridized carbons (Fsp3) is 0.462. The van der Waals surface area contributed by atoms with Crippen molar-refractivity contribution in [2.45, 2.75) is 43.3 Å². The van der Waals surface area contributed by atoms with E-state index in [0.29, 0.717) is 36.4 Å². The zero-order valence-corrected chi connectivity index (χ0v) is 21.2. The van der Waals surface area contributed by atoms with E-state index < -0.39 is 30.3 Å². The van der Waals surface area contributed by atoms with Gasteiger partial charge in [0.15, 0.2) is 0 Å². The van der Waals surface area contributed by atoms with Gasteiger partial charge in [-0.05, 0) is 24.6 Å². The Morgan fingerprint density at radius 1 is 1.15 bits per heavy atom. The molecule has 0 saturated carbocycles. The van der Waals surface area contributed by atoms with Crippen LogP contribution in [0, 0.1) is 0 Å². The topological polar surface area (TPSA) is 84.7 Å². The van der Waals surface area contributed by atoms with Crippen LogP contribution in [0.3, 0.4) is 0 Å². The van der Waals surface area contributed by atoms with Crippen molar-refractivity contribution in [1.82, 2.24) is 34.8 Å². The predicted octanol–water partition coefficient (Wildman–Crippen LogP) is 4.34. The van der Waals surface area contributed by atoms with E-state index in [1.807, 2.05) is 29.8 Å². The third-order valence-corrected chi connectivity index (χ3v) is 7.83. The molecule has 13 heteroatoms. The van der Waals surface area contributed by atoms with Gasteiger partial charge < -0.3 is 9.30 Å². The monoisotopic (exact) mass is 547 g/mol. The summed E-state index contributed by atoms with van der Waals surface area (Å²) in [6.07, 6.45) is -5.91. The Hall–Kier alpha value is -3.45. The number of hydrogen-bond donors (Lipinski definition) is 1. The smallest absolute Gasteiger partial charge is 0.379 e. The number of aryl methyl sites for hydroxylation is 1. The van der Waals surface area contributed by atoms with E-state index in [0.717, 1.165) is 17.5 Å². The van der Waals surface area contributed by atoms with Gasteiger partial charge in [0.2, 0.25) is 0 Å². The quantitative estimate of drug-likeness (QED) is 0.362. The number of benzene rings is 1. The highest BCUT2D eigenvalue weighted by molar-refractivity contribution is 5.94. The number of hydrogen-bond acceptors (Lipinski definition) is 6. The van der Waals surface area contributed by atoms with Crippen molar-refractivity contribution in [3.05, 3.63) is 59.4 Å². The number of nitrogens with one attached hydrogen (secondary N) is 1. The molecule has 0 bridgehead atoms. The largest absolute Gasteiger partial charge is 0.433 e. The lowest BCUT2D eigenvalue weighted by atomic mass is 9.75. The Bertz CT molecular complexity index is 1500. The standard InChI is InChI=1S/C26H26F5N7O/c1-14(38-9-18(27)19(28)10-38)22-24-17(7-20(33-22)26(29,30)31)23(35-36-24)15-4-3-5-16(6-15)25(11-39-12-25)8-21-34-32-13-37(21)2/h3-7,13-14,18-19H,8-12H2,1-2H3,(H,35,36)/t14-,18-,19-/m1/s1. The Labute approximate surface area is 220 Å². The maximum Gasteiger partial charge on any atom is 0.433 e. The molecule has 0 unspecified atom stereocenters. The number of alkyl halides is 5. The van der Waals surface area contributed by atoms with Crippen molar-refractivity contribution in [2.24, 2.45) is 7.05 Å². The highest BCUT2D eigenvalue weighted by Crippen LogP contribution is 2.40. The second-order valence-electron chi connectivity index (χ2n) is 10.4. The first-order valence-corrected chi connectivity index (χ1v) is 12.6. The van der Waals surface area contributed by atoms with Gasteiger partial charge in [0.25, 0.3) is 0 Å². The van der Waals surface area contributed by atoms with Crippen LogP contribution in [0.2, 0.25) is 0 Å². The van der Waals surface area contributed by atoms with Crippen molar-refractivity contribution in [3.63, 3.8) is 0 Å². The summed E-state index contributed by atoms with van der Waals surface area (Å²) in [5.74, 6) is 0.793. The Morgan fingerprint density at radius 2 is 1.90 bits per heavy atom. The first kappa shape index (κ1) is 25.8. The van der Waals surface area contributed by atoms with Gasteiger partial charge in [-0.3, -0.25) is 10.00 Å². The zero-order chi connectivity index (χ0) is 27.5. The van der Waals surface area contributed by atoms with Crippen molar-refractivity contribution >= 4 is 10.9 Å². The molecule has 0 radical (unpaired) electrons. The summed E-state index contributed by atoms with van der Waals surface area (Å²) in [7, 11) is 1.86. The summed E-state index contributed by atoms with van der Waals surface area (Å²) in [5, 5.41) is 15.6. The van der Waals surface area contributed by atoms with Crippen LogP contribution in [0.5, 0.6) is 0 Å². The molecular weight excluding hydrogens is 521 g/mol. The lowest BCUT2D eigenvalue weighted by Crippen LogP contribution is -2.49. The van der Waals surface area contributed by atoms with Crippen LogP contribution in [-0.2, 0) is 29.8 Å². The number of pyridine rings is 1. The van der Waals surface area contributed by atoms with Gasteiger partial charge in [-0.1, -0.05) is 18.2 Å². The van der Waals surface area contributed by atoms with Crippen LogP contribution >= 0.6 is 0 Å². The number of ether oxygens (including phenoxy) is 1. The molecule has 2 fully saturated rings. The normalized spacial score (nSPS) is 22.3. The number of aromatic amines is 1. The lowest BCUT2D eigenvalue weighted by molar-refractivity contribution is -0.141. The molecule has 206 valence electrons. The van der Waals surface area contributed by atoms with Crippen LogP contribution in [-0.4, -0.2) is 73.5 Å². The summed E-state index contributed by atoms with van der Waals surface area (Å²) in [5.41, 5.74) is 0.795. The average Bonchev–Trinajstić information content (AvgIpc) is 3.58. The van der Waals surface area contributed by atoms with Crippen molar-refractivity contribution in [3.8, 4) is 11.3 Å². The number of aromatic nitrogens is 6. The number of likely N-dealkylation sites (tertiary alicyclic amines) is 1. The fourth-order valence-corrected chi connectivity index (χ4v) is 5.43. The van der Waals surface area contributed by atoms with E-state index >= 15 is 0 Å². The molecule has 5 heterocycles. The van der Waals surface area contributed by atoms with Crippen molar-refractivity contribution < 1.29 is 26.7 Å². The average molecular weight is 548 g/mol. The molecule has 1 N–H and O–H groups in total. The molecule has 2 aliphatic heterocycles. The molecule has 2 aliphatic rings. The van der Waals surface area contributed by atoms with E-state index in [1.165, 1.54) is 4.90 Å². The molecule has 3 atom stereocenters. The Balaban J connectivity index is 1.42. The highest BCUT2D eigenvalue weighted by Gasteiger charge is 2.42. The second-order valence-corrected chi connectivity index (χ2v) is 10.4. The third kappa shape index (κ3) is 4.46. The van der Waals surface area contributed by atoms with Crippen LogP contribution in [0.15, 0.2) is 36.7 Å². The van der Waals surface area contributed by atoms with Gasteiger partial charge in [-0.2, -0.15) is 18.3 Å². The van der Waals surface area contributed by atoms with Gasteiger partial charge in [-0.25, -0.2) is 13.8 Å². The van der Waals surface area contributed by atoms with Crippen LogP contribution in [0.25, 0.3) is 22.2 Å². The molecule has 8 nitrogen and oxygen atoms in total. The summed E-state index contributed by atoms with van der Waals surface area (Å²) < 4.78 is 77.0. The fourth-order valence-electron chi connectivity index (χ4n) is 5.43. The zero-order valence-electron chi connectivity index (χ0n) is 21.2. The first-order valence-electron chi connectivity index (χ1n) is 12.6. The van der Waals surface area contributed by atoms with Crippen LogP contribution in [0.1, 0.15) is 35.7 Å². The van der Waals surface area contributed by atoms with Gasteiger partial charge in [0.05, 0.1) is 30.5 Å². The van der Waals surface area contributed by atoms with Crippen molar-refractivity contribution in [1.29, 1.82) is 0 Å². The second kappa shape index (κ2) is 9.33. The van der Waals surface area contributed by atoms with E-state index in [2.05, 4.69) is 25.4 Å². The molecule has 2 saturated heterocycles. The molecule has 3 aromatic heterocycles. The molecule has 4 aromatic rings. The Kier molecular flexibility index (Phi) is 6.18. The third-order valence-electron chi connectivity index (χ3n) is 7.83. The van der Waals surface area contributed by atoms with E-state index in [-0.39, 0.29) is 29.6 Å². The minimum atomic E-state index is -4.72. The molecular formula is C26H26F5N7O. The summed E-state index contributed by atoms with van der Waals surface area (Å²) in [6, 6.07) is 7.70. The molecule has 1 aromatic carbocycles. The lowest BCUT2D eigenvalue weighted by Gasteiger charge is -2.41. The number of fused-ring (bicyclic) bond motifs is 1. The molecule has 39 heavy (non-hydrogen) atoms. The van der Waals surface area contributed by atoms with E-state index in [4.69, 9.17) is 4.74 Å². The number of halogens is 5. The molecule has 6 rings (SSSR count). The molecule has 0 aliphatic carbocycles. The van der Waals surface area contributed by atoms with Gasteiger partial charge in [-0.15, -0.1) is 10.2 Å². The maximum absolute atomic E-state index is 13.9. The molecule has 0 amide bonds. The van der Waals surface area contributed by atoms with Crippen LogP contribution in [0.4, 0.5) is 22.0 Å². The number of nitrogens with zero attached hydrogens (tertiary/aromatic N) is 6. The minimum Gasteiger partial charge on any atom is -0.379 e. The highest BCUT2D eigenvalue weighted by atomic mass is 19.4. The Morgan fingerprint density at radius 3 is 2.51 bits per heavy atom. The van der Waals surface area contributed by atoms with Gasteiger partial charge in [0, 0.05) is 42.9 Å². The van der Waals surface area contributed by atoms with Gasteiger partial charge in [0.1, 0.15) is 35.9 Å². The first-order chi connectivity index (χ1) is 18.6. The van der Waals surface area contributed by atoms with Crippen LogP contribution < -0.4 is 0 Å². The maximum atomic E-state index is 13.9. The number of rotatable bonds is 6. The summed E-state index contributed by atoms with van der Waals surface area (Å²) in [4.78, 5) is 5.35. The van der Waals surface area contributed by atoms with Crippen molar-refractivity contribution in [2.75, 3.05) is 26.3 Å². The predicted molar refractivity (Wildman–Crippen MR) is 131 cm³/mol. The van der Waals surface area contributed by atoms with E-state index in [9.17, 15) is 22.0 Å².